The van der Waals surface area contributed by atoms with Crippen LogP contribution in [0.15, 0.2) is 34.9 Å². The second kappa shape index (κ2) is 5.23. The van der Waals surface area contributed by atoms with Crippen molar-refractivity contribution in [3.63, 3.8) is 0 Å². The van der Waals surface area contributed by atoms with Crippen LogP contribution in [0.4, 0.5) is 5.69 Å². The number of hydrogen-bond acceptors (Lipinski definition) is 3. The van der Waals surface area contributed by atoms with Gasteiger partial charge in [-0.3, -0.25) is 4.68 Å². The molecule has 2 N–H and O–H groups in total. The van der Waals surface area contributed by atoms with Crippen molar-refractivity contribution in [1.82, 2.24) is 9.78 Å². The molecule has 2 aromatic rings. The maximum absolute atomic E-state index is 5.84. The molecule has 0 aliphatic rings. The first-order chi connectivity index (χ1) is 8.22. The first kappa shape index (κ1) is 12.0. The van der Waals surface area contributed by atoms with Gasteiger partial charge in [0.15, 0.2) is 0 Å². The van der Waals surface area contributed by atoms with Gasteiger partial charge in [0.05, 0.1) is 22.1 Å². The summed E-state index contributed by atoms with van der Waals surface area (Å²) >= 11 is 3.44. The van der Waals surface area contributed by atoms with E-state index in [9.17, 15) is 0 Å². The van der Waals surface area contributed by atoms with Gasteiger partial charge in [-0.05, 0) is 35.0 Å². The highest BCUT2D eigenvalue weighted by Gasteiger charge is 2.08. The van der Waals surface area contributed by atoms with Crippen LogP contribution in [-0.2, 0) is 13.2 Å². The predicted molar refractivity (Wildman–Crippen MR) is 70.8 cm³/mol. The fourth-order valence-corrected chi connectivity index (χ4v) is 1.96. The second-order valence-corrected chi connectivity index (χ2v) is 4.44. The SMILES string of the molecule is CCn1ncc(N)c1COc1ccccc1Br. The van der Waals surface area contributed by atoms with Gasteiger partial charge in [-0.1, -0.05) is 12.1 Å². The van der Waals surface area contributed by atoms with Gasteiger partial charge in [0, 0.05) is 6.54 Å². The highest BCUT2D eigenvalue weighted by Crippen LogP contribution is 2.25. The van der Waals surface area contributed by atoms with Gasteiger partial charge >= 0.3 is 0 Å². The fraction of sp³-hybridized carbons (Fsp3) is 0.250. The molecule has 2 rings (SSSR count). The van der Waals surface area contributed by atoms with Gasteiger partial charge in [0.2, 0.25) is 0 Å². The molecule has 4 nitrogen and oxygen atoms in total. The molecule has 5 heteroatoms. The topological polar surface area (TPSA) is 53.1 Å². The Morgan fingerprint density at radius 1 is 1.41 bits per heavy atom. The summed E-state index contributed by atoms with van der Waals surface area (Å²) in [7, 11) is 0. The molecule has 0 atom stereocenters. The number of benzene rings is 1. The zero-order valence-electron chi connectivity index (χ0n) is 9.56. The van der Waals surface area contributed by atoms with Crippen molar-refractivity contribution in [2.45, 2.75) is 20.1 Å². The number of aromatic nitrogens is 2. The van der Waals surface area contributed by atoms with Crippen LogP contribution in [0.1, 0.15) is 12.6 Å². The largest absolute Gasteiger partial charge is 0.486 e. The lowest BCUT2D eigenvalue weighted by Gasteiger charge is -2.09. The van der Waals surface area contributed by atoms with E-state index in [-0.39, 0.29) is 0 Å². The number of nitrogen functional groups attached to an aromatic ring is 1. The molecule has 0 aliphatic carbocycles. The van der Waals surface area contributed by atoms with Crippen molar-refractivity contribution in [3.8, 4) is 5.75 Å². The van der Waals surface area contributed by atoms with Gasteiger partial charge in [0.1, 0.15) is 12.4 Å². The molecule has 0 unspecified atom stereocenters. The lowest BCUT2D eigenvalue weighted by Crippen LogP contribution is -2.08. The van der Waals surface area contributed by atoms with E-state index < -0.39 is 0 Å². The molecule has 1 aromatic carbocycles. The second-order valence-electron chi connectivity index (χ2n) is 3.58. The van der Waals surface area contributed by atoms with Crippen LogP contribution in [0.3, 0.4) is 0 Å². The van der Waals surface area contributed by atoms with Gasteiger partial charge in [-0.15, -0.1) is 0 Å². The molecular weight excluding hydrogens is 282 g/mol. The Morgan fingerprint density at radius 2 is 2.18 bits per heavy atom. The number of hydrogen-bond donors (Lipinski definition) is 1. The minimum absolute atomic E-state index is 0.419. The van der Waals surface area contributed by atoms with Crippen molar-refractivity contribution in [1.29, 1.82) is 0 Å². The number of anilines is 1. The maximum atomic E-state index is 5.84. The molecule has 0 amide bonds. The summed E-state index contributed by atoms with van der Waals surface area (Å²) in [5, 5.41) is 4.17. The van der Waals surface area contributed by atoms with Crippen LogP contribution in [0.5, 0.6) is 5.75 Å². The number of nitrogens with zero attached hydrogens (tertiary/aromatic N) is 2. The zero-order chi connectivity index (χ0) is 12.3. The summed E-state index contributed by atoms with van der Waals surface area (Å²) < 4.78 is 8.49. The molecule has 0 bridgehead atoms. The van der Waals surface area contributed by atoms with E-state index in [0.717, 1.165) is 22.5 Å². The smallest absolute Gasteiger partial charge is 0.134 e. The Morgan fingerprint density at radius 3 is 2.88 bits per heavy atom. The van der Waals surface area contributed by atoms with Crippen molar-refractivity contribution < 1.29 is 4.74 Å². The molecule has 0 fully saturated rings. The number of halogens is 1. The highest BCUT2D eigenvalue weighted by atomic mass is 79.9. The van der Waals surface area contributed by atoms with Gasteiger partial charge in [0.25, 0.3) is 0 Å². The molecule has 0 saturated heterocycles. The van der Waals surface area contributed by atoms with E-state index in [0.29, 0.717) is 12.3 Å². The molecule has 0 spiro atoms. The Kier molecular flexibility index (Phi) is 3.68. The van der Waals surface area contributed by atoms with Crippen molar-refractivity contribution >= 4 is 21.6 Å². The number of nitrogens with two attached hydrogens (primary N) is 1. The summed E-state index contributed by atoms with van der Waals surface area (Å²) in [5.74, 6) is 0.802. The number of ether oxygens (including phenoxy) is 1. The van der Waals surface area contributed by atoms with Gasteiger partial charge < -0.3 is 10.5 Å². The number of rotatable bonds is 4. The third-order valence-electron chi connectivity index (χ3n) is 2.48. The fourth-order valence-electron chi connectivity index (χ4n) is 1.56. The molecule has 0 aliphatic heterocycles. The van der Waals surface area contributed by atoms with Crippen LogP contribution in [0.2, 0.25) is 0 Å². The third kappa shape index (κ3) is 2.61. The standard InChI is InChI=1S/C12H14BrN3O/c1-2-16-11(10(14)7-15-16)8-17-12-6-4-3-5-9(12)13/h3-7H,2,8,14H2,1H3. The molecule has 0 radical (unpaired) electrons. The number of aryl methyl sites for hydroxylation is 1. The van der Waals surface area contributed by atoms with Crippen LogP contribution in [0, 0.1) is 0 Å². The van der Waals surface area contributed by atoms with E-state index in [1.165, 1.54) is 0 Å². The van der Waals surface area contributed by atoms with E-state index >= 15 is 0 Å². The Balaban J connectivity index is 2.12. The van der Waals surface area contributed by atoms with Gasteiger partial charge in [-0.2, -0.15) is 5.10 Å². The maximum Gasteiger partial charge on any atom is 0.134 e. The molecular formula is C12H14BrN3O. The Bertz CT molecular complexity index is 510. The Hall–Kier alpha value is -1.49. The average molecular weight is 296 g/mol. The summed E-state index contributed by atoms with van der Waals surface area (Å²) in [6.45, 7) is 3.22. The lowest BCUT2D eigenvalue weighted by atomic mass is 10.3. The van der Waals surface area contributed by atoms with E-state index in [1.54, 1.807) is 6.20 Å². The predicted octanol–water partition coefficient (Wildman–Crippen LogP) is 2.83. The van der Waals surface area contributed by atoms with Crippen LogP contribution >= 0.6 is 15.9 Å². The van der Waals surface area contributed by atoms with Gasteiger partial charge in [-0.25, -0.2) is 0 Å². The van der Waals surface area contributed by atoms with Crippen LogP contribution in [-0.4, -0.2) is 9.78 Å². The molecule has 1 aromatic heterocycles. The number of para-hydroxylation sites is 1. The minimum Gasteiger partial charge on any atom is -0.486 e. The average Bonchev–Trinajstić information content (AvgIpc) is 2.69. The Labute approximate surface area is 109 Å². The summed E-state index contributed by atoms with van der Waals surface area (Å²) in [5.41, 5.74) is 7.42. The quantitative estimate of drug-likeness (QED) is 0.944. The zero-order valence-corrected chi connectivity index (χ0v) is 11.1. The molecule has 90 valence electrons. The van der Waals surface area contributed by atoms with Crippen molar-refractivity contribution in [3.05, 3.63) is 40.6 Å². The summed E-state index contributed by atoms with van der Waals surface area (Å²) in [6.07, 6.45) is 1.65. The molecule has 0 saturated carbocycles. The lowest BCUT2D eigenvalue weighted by molar-refractivity contribution is 0.291. The molecule has 17 heavy (non-hydrogen) atoms. The van der Waals surface area contributed by atoms with Crippen molar-refractivity contribution in [2.24, 2.45) is 0 Å². The summed E-state index contributed by atoms with van der Waals surface area (Å²) in [4.78, 5) is 0. The highest BCUT2D eigenvalue weighted by molar-refractivity contribution is 9.10. The normalized spacial score (nSPS) is 10.5. The van der Waals surface area contributed by atoms with E-state index in [1.807, 2.05) is 35.9 Å². The summed E-state index contributed by atoms with van der Waals surface area (Å²) in [6, 6.07) is 7.73. The first-order valence-corrected chi connectivity index (χ1v) is 6.19. The monoisotopic (exact) mass is 295 g/mol. The molecule has 1 heterocycles. The first-order valence-electron chi connectivity index (χ1n) is 5.40. The minimum atomic E-state index is 0.419. The van der Waals surface area contributed by atoms with Crippen LogP contribution < -0.4 is 10.5 Å². The van der Waals surface area contributed by atoms with Crippen LogP contribution in [0.25, 0.3) is 0 Å². The van der Waals surface area contributed by atoms with E-state index in [2.05, 4.69) is 21.0 Å². The van der Waals surface area contributed by atoms with E-state index in [4.69, 9.17) is 10.5 Å². The third-order valence-corrected chi connectivity index (χ3v) is 3.14. The van der Waals surface area contributed by atoms with Crippen molar-refractivity contribution in [2.75, 3.05) is 5.73 Å².